The van der Waals surface area contributed by atoms with Crippen molar-refractivity contribution in [3.63, 3.8) is 0 Å². The quantitative estimate of drug-likeness (QED) is 0.720. The van der Waals surface area contributed by atoms with Crippen LogP contribution >= 0.6 is 0 Å². The van der Waals surface area contributed by atoms with Gasteiger partial charge in [0.15, 0.2) is 0 Å². The van der Waals surface area contributed by atoms with Gasteiger partial charge in [0.1, 0.15) is 5.76 Å². The Morgan fingerprint density at radius 2 is 1.92 bits per heavy atom. The lowest BCUT2D eigenvalue weighted by Gasteiger charge is -2.17. The van der Waals surface area contributed by atoms with Crippen molar-refractivity contribution in [3.05, 3.63) is 83.5 Å². The van der Waals surface area contributed by atoms with Crippen molar-refractivity contribution in [2.45, 2.75) is 25.7 Å². The minimum Gasteiger partial charge on any atom is -0.361 e. The van der Waals surface area contributed by atoms with E-state index in [-0.39, 0.29) is 11.8 Å². The molecule has 1 amide bonds. The average Bonchev–Trinajstić information content (AvgIpc) is 3.06. The molecule has 2 heterocycles. The van der Waals surface area contributed by atoms with Gasteiger partial charge in [-0.15, -0.1) is 0 Å². The summed E-state index contributed by atoms with van der Waals surface area (Å²) in [6.45, 7) is 2.39. The number of carbonyl (C=O) groups is 1. The van der Waals surface area contributed by atoms with Crippen LogP contribution in [0.25, 0.3) is 0 Å². The van der Waals surface area contributed by atoms with Crippen LogP contribution in [0.4, 0.5) is 0 Å². The summed E-state index contributed by atoms with van der Waals surface area (Å²) < 4.78 is 5.05. The van der Waals surface area contributed by atoms with Crippen LogP contribution in [0, 0.1) is 6.92 Å². The SMILES string of the molecule is Cc1cc(CCNC(=O)C(Cc2ccncc2)c2ccccc2)no1. The van der Waals surface area contributed by atoms with Gasteiger partial charge in [-0.25, -0.2) is 0 Å². The molecule has 0 aliphatic heterocycles. The van der Waals surface area contributed by atoms with Gasteiger partial charge in [-0.1, -0.05) is 35.5 Å². The zero-order chi connectivity index (χ0) is 17.5. The summed E-state index contributed by atoms with van der Waals surface area (Å²) in [7, 11) is 0. The number of benzene rings is 1. The number of rotatable bonds is 7. The molecule has 128 valence electrons. The molecular formula is C20H21N3O2. The number of aryl methyl sites for hydroxylation is 1. The summed E-state index contributed by atoms with van der Waals surface area (Å²) in [5.41, 5.74) is 2.95. The van der Waals surface area contributed by atoms with Gasteiger partial charge in [-0.3, -0.25) is 9.78 Å². The number of nitrogens with one attached hydrogen (secondary N) is 1. The van der Waals surface area contributed by atoms with Crippen LogP contribution < -0.4 is 5.32 Å². The van der Waals surface area contributed by atoms with Gasteiger partial charge in [0.25, 0.3) is 0 Å². The molecule has 3 aromatic rings. The Bertz CT molecular complexity index is 800. The van der Waals surface area contributed by atoms with E-state index in [1.807, 2.05) is 55.5 Å². The molecule has 0 aliphatic carbocycles. The lowest BCUT2D eigenvalue weighted by molar-refractivity contribution is -0.122. The van der Waals surface area contributed by atoms with Crippen LogP contribution in [0.3, 0.4) is 0 Å². The molecule has 0 spiro atoms. The topological polar surface area (TPSA) is 68.0 Å². The Morgan fingerprint density at radius 1 is 1.16 bits per heavy atom. The number of amides is 1. The molecule has 0 saturated heterocycles. The molecule has 0 bridgehead atoms. The monoisotopic (exact) mass is 335 g/mol. The van der Waals surface area contributed by atoms with E-state index in [2.05, 4.69) is 15.5 Å². The molecule has 1 atom stereocenters. The number of pyridine rings is 1. The molecule has 25 heavy (non-hydrogen) atoms. The summed E-state index contributed by atoms with van der Waals surface area (Å²) in [5.74, 6) is 0.562. The molecule has 0 saturated carbocycles. The van der Waals surface area contributed by atoms with Gasteiger partial charge < -0.3 is 9.84 Å². The zero-order valence-corrected chi connectivity index (χ0v) is 14.2. The van der Waals surface area contributed by atoms with Crippen LogP contribution in [0.5, 0.6) is 0 Å². The number of hydrogen-bond donors (Lipinski definition) is 1. The fourth-order valence-electron chi connectivity index (χ4n) is 2.77. The number of nitrogens with zero attached hydrogens (tertiary/aromatic N) is 2. The highest BCUT2D eigenvalue weighted by molar-refractivity contribution is 5.84. The van der Waals surface area contributed by atoms with Crippen LogP contribution in [0.2, 0.25) is 0 Å². The predicted octanol–water partition coefficient (Wildman–Crippen LogP) is 3.06. The lowest BCUT2D eigenvalue weighted by atomic mass is 9.91. The van der Waals surface area contributed by atoms with Crippen molar-refractivity contribution in [1.82, 2.24) is 15.5 Å². The van der Waals surface area contributed by atoms with Gasteiger partial charge >= 0.3 is 0 Å². The normalized spacial score (nSPS) is 11.9. The first-order valence-electron chi connectivity index (χ1n) is 8.36. The van der Waals surface area contributed by atoms with Gasteiger partial charge in [0, 0.05) is 31.4 Å². The molecular weight excluding hydrogens is 314 g/mol. The maximum absolute atomic E-state index is 12.8. The van der Waals surface area contributed by atoms with Gasteiger partial charge in [0.05, 0.1) is 11.6 Å². The van der Waals surface area contributed by atoms with E-state index in [1.165, 1.54) is 0 Å². The van der Waals surface area contributed by atoms with Crippen molar-refractivity contribution < 1.29 is 9.32 Å². The highest BCUT2D eigenvalue weighted by Gasteiger charge is 2.20. The second-order valence-corrected chi connectivity index (χ2v) is 5.99. The van der Waals surface area contributed by atoms with E-state index in [1.54, 1.807) is 12.4 Å². The van der Waals surface area contributed by atoms with Crippen LogP contribution in [-0.2, 0) is 17.6 Å². The third-order valence-electron chi connectivity index (χ3n) is 4.06. The first-order chi connectivity index (χ1) is 12.2. The molecule has 0 radical (unpaired) electrons. The van der Waals surface area contributed by atoms with E-state index < -0.39 is 0 Å². The Morgan fingerprint density at radius 3 is 2.60 bits per heavy atom. The minimum absolute atomic E-state index is 0.0169. The Kier molecular flexibility index (Phi) is 5.57. The molecule has 0 fully saturated rings. The molecule has 5 heteroatoms. The maximum atomic E-state index is 12.8. The Hall–Kier alpha value is -2.95. The fourth-order valence-corrected chi connectivity index (χ4v) is 2.77. The molecule has 0 aliphatic rings. The summed E-state index contributed by atoms with van der Waals surface area (Å²) in [5, 5.41) is 6.97. The van der Waals surface area contributed by atoms with Crippen LogP contribution in [-0.4, -0.2) is 22.6 Å². The third-order valence-corrected chi connectivity index (χ3v) is 4.06. The molecule has 1 N–H and O–H groups in total. The second kappa shape index (κ2) is 8.24. The summed E-state index contributed by atoms with van der Waals surface area (Å²) in [4.78, 5) is 16.8. The predicted molar refractivity (Wildman–Crippen MR) is 95.1 cm³/mol. The highest BCUT2D eigenvalue weighted by atomic mass is 16.5. The van der Waals surface area contributed by atoms with E-state index in [9.17, 15) is 4.79 Å². The first-order valence-corrected chi connectivity index (χ1v) is 8.36. The highest BCUT2D eigenvalue weighted by Crippen LogP contribution is 2.21. The van der Waals surface area contributed by atoms with Crippen molar-refractivity contribution in [2.75, 3.05) is 6.54 Å². The number of hydrogen-bond acceptors (Lipinski definition) is 4. The molecule has 5 nitrogen and oxygen atoms in total. The molecule has 1 aromatic carbocycles. The third kappa shape index (κ3) is 4.76. The Labute approximate surface area is 147 Å². The average molecular weight is 335 g/mol. The second-order valence-electron chi connectivity index (χ2n) is 5.99. The van der Waals surface area contributed by atoms with Crippen molar-refractivity contribution in [1.29, 1.82) is 0 Å². The Balaban J connectivity index is 1.66. The molecule has 3 rings (SSSR count). The van der Waals surface area contributed by atoms with Crippen molar-refractivity contribution >= 4 is 5.91 Å². The largest absolute Gasteiger partial charge is 0.361 e. The van der Waals surface area contributed by atoms with Crippen LogP contribution in [0.15, 0.2) is 65.4 Å². The lowest BCUT2D eigenvalue weighted by Crippen LogP contribution is -2.32. The van der Waals surface area contributed by atoms with Crippen LogP contribution in [0.1, 0.15) is 28.5 Å². The number of carbonyl (C=O) groups excluding carboxylic acids is 1. The van der Waals surface area contributed by atoms with E-state index in [0.29, 0.717) is 19.4 Å². The van der Waals surface area contributed by atoms with E-state index in [4.69, 9.17) is 4.52 Å². The van der Waals surface area contributed by atoms with Gasteiger partial charge in [-0.05, 0) is 36.6 Å². The van der Waals surface area contributed by atoms with Crippen molar-refractivity contribution in [3.8, 4) is 0 Å². The summed E-state index contributed by atoms with van der Waals surface area (Å²) in [6, 6.07) is 15.6. The fraction of sp³-hybridized carbons (Fsp3) is 0.250. The summed E-state index contributed by atoms with van der Waals surface area (Å²) in [6.07, 6.45) is 4.80. The van der Waals surface area contributed by atoms with E-state index >= 15 is 0 Å². The van der Waals surface area contributed by atoms with Gasteiger partial charge in [0.2, 0.25) is 5.91 Å². The van der Waals surface area contributed by atoms with E-state index in [0.717, 1.165) is 22.6 Å². The van der Waals surface area contributed by atoms with Gasteiger partial charge in [-0.2, -0.15) is 0 Å². The molecule has 2 aromatic heterocycles. The smallest absolute Gasteiger partial charge is 0.227 e. The first kappa shape index (κ1) is 16.9. The molecule has 1 unspecified atom stereocenters. The number of aromatic nitrogens is 2. The standard InChI is InChI=1S/C20H21N3O2/c1-15-13-18(23-25-15)9-12-22-20(24)19(17-5-3-2-4-6-17)14-16-7-10-21-11-8-16/h2-8,10-11,13,19H,9,12,14H2,1H3,(H,22,24). The summed E-state index contributed by atoms with van der Waals surface area (Å²) >= 11 is 0. The zero-order valence-electron chi connectivity index (χ0n) is 14.2. The van der Waals surface area contributed by atoms with Crippen molar-refractivity contribution in [2.24, 2.45) is 0 Å². The minimum atomic E-state index is -0.234. The maximum Gasteiger partial charge on any atom is 0.227 e.